The van der Waals surface area contributed by atoms with E-state index in [0.717, 1.165) is 12.1 Å². The van der Waals surface area contributed by atoms with Crippen LogP contribution in [0.5, 0.6) is 0 Å². The van der Waals surface area contributed by atoms with E-state index in [1.165, 1.54) is 5.56 Å². The van der Waals surface area contributed by atoms with Crippen LogP contribution in [-0.4, -0.2) is 10.4 Å². The van der Waals surface area contributed by atoms with Gasteiger partial charge in [0.2, 0.25) is 6.26 Å². The highest BCUT2D eigenvalue weighted by Gasteiger charge is 1.99. The Morgan fingerprint density at radius 2 is 2.08 bits per heavy atom. The van der Waals surface area contributed by atoms with Crippen molar-refractivity contribution in [3.8, 4) is 0 Å². The highest BCUT2D eigenvalue weighted by Crippen LogP contribution is 2.04. The Balaban J connectivity index is 2.15. The van der Waals surface area contributed by atoms with Crippen molar-refractivity contribution in [2.75, 3.05) is 0 Å². The molecule has 0 unspecified atom stereocenters. The second kappa shape index (κ2) is 3.17. The molecule has 0 atom stereocenters. The van der Waals surface area contributed by atoms with Crippen LogP contribution in [0.1, 0.15) is 11.3 Å². The van der Waals surface area contributed by atoms with E-state index in [9.17, 15) is 0 Å². The number of hydrogen-bond donors (Lipinski definition) is 0. The smallest absolute Gasteiger partial charge is 0.230 e. The molecule has 0 fully saturated rings. The first-order valence-corrected chi connectivity index (χ1v) is 3.68. The molecule has 0 saturated carbocycles. The van der Waals surface area contributed by atoms with Gasteiger partial charge in [0.15, 0.2) is 0 Å². The molecule has 2 rings (SSSR count). The minimum absolute atomic E-state index is 0.727. The summed E-state index contributed by atoms with van der Waals surface area (Å²) in [6.07, 6.45) is 3.31. The Labute approximate surface area is 70.0 Å². The van der Waals surface area contributed by atoms with E-state index in [1.807, 2.05) is 30.3 Å². The lowest BCUT2D eigenvalue weighted by Gasteiger charge is -1.93. The number of rotatable bonds is 2. The Kier molecular flexibility index (Phi) is 1.86. The first-order chi connectivity index (χ1) is 5.95. The van der Waals surface area contributed by atoms with E-state index in [-0.39, 0.29) is 0 Å². The van der Waals surface area contributed by atoms with Crippen LogP contribution in [0.15, 0.2) is 34.9 Å². The molecule has 0 aliphatic heterocycles. The van der Waals surface area contributed by atoms with Crippen LogP contribution in [0.2, 0.25) is 0 Å². The largest absolute Gasteiger partial charge is 0.333 e. The van der Waals surface area contributed by atoms with Crippen LogP contribution < -0.4 is 0 Å². The second-order valence-corrected chi connectivity index (χ2v) is 2.48. The first-order valence-electron chi connectivity index (χ1n) is 3.68. The van der Waals surface area contributed by atoms with Crippen molar-refractivity contribution >= 4 is 0 Å². The van der Waals surface area contributed by atoms with Crippen molar-refractivity contribution < 1.29 is 4.52 Å². The van der Waals surface area contributed by atoms with Gasteiger partial charge in [-0.3, -0.25) is 0 Å². The molecule has 0 amide bonds. The molecule has 1 heterocycles. The van der Waals surface area contributed by atoms with Gasteiger partial charge in [-0.15, -0.1) is 5.10 Å². The van der Waals surface area contributed by atoms with Gasteiger partial charge in [-0.25, -0.2) is 0 Å². The molecule has 0 saturated heterocycles. The molecular weight excluding hydrogens is 152 g/mol. The van der Waals surface area contributed by atoms with Crippen molar-refractivity contribution in [2.24, 2.45) is 0 Å². The van der Waals surface area contributed by atoms with Crippen molar-refractivity contribution in [3.05, 3.63) is 47.9 Å². The van der Waals surface area contributed by atoms with Crippen LogP contribution in [0, 0.1) is 6.26 Å². The highest BCUT2D eigenvalue weighted by atomic mass is 16.5. The summed E-state index contributed by atoms with van der Waals surface area (Å²) in [5.41, 5.74) is 1.92. The van der Waals surface area contributed by atoms with E-state index in [1.54, 1.807) is 0 Å². The average Bonchev–Trinajstić information content (AvgIpc) is 2.59. The second-order valence-electron chi connectivity index (χ2n) is 2.48. The molecule has 3 nitrogen and oxygen atoms in total. The maximum atomic E-state index is 4.50. The molecule has 2 aromatic rings. The molecule has 1 aromatic heterocycles. The summed E-state index contributed by atoms with van der Waals surface area (Å²) < 4.78 is 4.50. The third kappa shape index (κ3) is 1.50. The number of nitrogens with zero attached hydrogens (tertiary/aromatic N) is 2. The average molecular weight is 159 g/mol. The summed E-state index contributed by atoms with van der Waals surface area (Å²) in [6, 6.07) is 10.0. The first kappa shape index (κ1) is 7.03. The molecule has 0 aliphatic carbocycles. The highest BCUT2D eigenvalue weighted by molar-refractivity contribution is 5.18. The number of aromatic nitrogens is 2. The van der Waals surface area contributed by atoms with Crippen molar-refractivity contribution in [1.82, 2.24) is 10.4 Å². The lowest BCUT2D eigenvalue weighted by molar-refractivity contribution is 0.387. The van der Waals surface area contributed by atoms with Crippen LogP contribution in [0.4, 0.5) is 0 Å². The summed E-state index contributed by atoms with van der Waals surface area (Å²) in [6.45, 7) is 0. The van der Waals surface area contributed by atoms with Crippen LogP contribution >= 0.6 is 0 Å². The maximum absolute atomic E-state index is 4.50. The summed E-state index contributed by atoms with van der Waals surface area (Å²) in [5, 5.41) is 7.08. The summed E-state index contributed by atoms with van der Waals surface area (Å²) in [4.78, 5) is 0. The van der Waals surface area contributed by atoms with Crippen molar-refractivity contribution in [1.29, 1.82) is 0 Å². The van der Waals surface area contributed by atoms with Gasteiger partial charge < -0.3 is 4.52 Å². The third-order valence-electron chi connectivity index (χ3n) is 1.58. The number of benzene rings is 1. The Morgan fingerprint density at radius 3 is 2.75 bits per heavy atom. The van der Waals surface area contributed by atoms with Gasteiger partial charge in [-0.2, -0.15) is 0 Å². The van der Waals surface area contributed by atoms with Crippen molar-refractivity contribution in [3.63, 3.8) is 0 Å². The molecule has 12 heavy (non-hydrogen) atoms. The van der Waals surface area contributed by atoms with Gasteiger partial charge in [-0.1, -0.05) is 30.3 Å². The van der Waals surface area contributed by atoms with Gasteiger partial charge in [0.25, 0.3) is 0 Å². The van der Waals surface area contributed by atoms with Crippen molar-refractivity contribution in [2.45, 2.75) is 6.42 Å². The molecule has 0 spiro atoms. The number of hydrogen-bond acceptors (Lipinski definition) is 3. The SMILES string of the molecule is [c]1onnc1Cc1ccccc1. The van der Waals surface area contributed by atoms with Crippen LogP contribution in [0.25, 0.3) is 0 Å². The minimum Gasteiger partial charge on any atom is -0.333 e. The van der Waals surface area contributed by atoms with E-state index < -0.39 is 0 Å². The Hall–Kier alpha value is -1.64. The molecular formula is C9H7N2O. The molecule has 0 N–H and O–H groups in total. The van der Waals surface area contributed by atoms with Crippen LogP contribution in [-0.2, 0) is 6.42 Å². The molecule has 0 aliphatic rings. The van der Waals surface area contributed by atoms with E-state index in [0.29, 0.717) is 0 Å². The zero-order valence-electron chi connectivity index (χ0n) is 6.40. The molecule has 3 heteroatoms. The van der Waals surface area contributed by atoms with Gasteiger partial charge in [-0.05, 0) is 5.56 Å². The van der Waals surface area contributed by atoms with Gasteiger partial charge in [0, 0.05) is 11.7 Å². The zero-order valence-corrected chi connectivity index (χ0v) is 6.40. The van der Waals surface area contributed by atoms with Gasteiger partial charge >= 0.3 is 0 Å². The molecule has 1 radical (unpaired) electrons. The fourth-order valence-corrected chi connectivity index (χ4v) is 1.02. The minimum atomic E-state index is 0.727. The Morgan fingerprint density at radius 1 is 1.25 bits per heavy atom. The lowest BCUT2D eigenvalue weighted by atomic mass is 10.1. The fourth-order valence-electron chi connectivity index (χ4n) is 1.02. The monoisotopic (exact) mass is 159 g/mol. The quantitative estimate of drug-likeness (QED) is 0.665. The maximum Gasteiger partial charge on any atom is 0.230 e. The predicted octanol–water partition coefficient (Wildman–Crippen LogP) is 1.46. The van der Waals surface area contributed by atoms with Gasteiger partial charge in [0.1, 0.15) is 5.69 Å². The Bertz CT molecular complexity index is 329. The standard InChI is InChI=1S/C9H7N2O/c1-2-4-8(5-3-1)6-9-7-12-11-10-9/h1-5H,6H2. The molecule has 0 bridgehead atoms. The fraction of sp³-hybridized carbons (Fsp3) is 0.111. The van der Waals surface area contributed by atoms with E-state index >= 15 is 0 Å². The van der Waals surface area contributed by atoms with E-state index in [2.05, 4.69) is 21.2 Å². The predicted molar refractivity (Wildman–Crippen MR) is 42.4 cm³/mol. The molecule has 1 aromatic carbocycles. The van der Waals surface area contributed by atoms with E-state index in [4.69, 9.17) is 0 Å². The third-order valence-corrected chi connectivity index (χ3v) is 1.58. The summed E-state index contributed by atoms with van der Waals surface area (Å²) >= 11 is 0. The topological polar surface area (TPSA) is 38.9 Å². The summed E-state index contributed by atoms with van der Waals surface area (Å²) in [7, 11) is 0. The zero-order chi connectivity index (χ0) is 8.23. The van der Waals surface area contributed by atoms with Gasteiger partial charge in [0.05, 0.1) is 0 Å². The molecule has 59 valence electrons. The van der Waals surface area contributed by atoms with Crippen LogP contribution in [0.3, 0.4) is 0 Å². The normalized spacial score (nSPS) is 10.0. The lowest BCUT2D eigenvalue weighted by Crippen LogP contribution is -1.87. The summed E-state index contributed by atoms with van der Waals surface area (Å²) in [5.74, 6) is 0.